The Morgan fingerprint density at radius 2 is 1.94 bits per heavy atom. The fraction of sp³-hybridized carbons (Fsp3) is 0.333. The lowest BCUT2D eigenvalue weighted by Gasteiger charge is -2.24. The minimum atomic E-state index is -3.49. The first-order valence-corrected chi connectivity index (χ1v) is 12.6. The van der Waals surface area contributed by atoms with Crippen LogP contribution in [0.5, 0.6) is 5.75 Å². The largest absolute Gasteiger partial charge is 0.491 e. The molecule has 2 aliphatic rings. The third-order valence-corrected chi connectivity index (χ3v) is 7.23. The van der Waals surface area contributed by atoms with Crippen LogP contribution in [-0.2, 0) is 23.0 Å². The molecule has 0 bridgehead atoms. The van der Waals surface area contributed by atoms with Gasteiger partial charge < -0.3 is 9.72 Å². The van der Waals surface area contributed by atoms with Crippen LogP contribution < -0.4 is 4.74 Å². The van der Waals surface area contributed by atoms with Gasteiger partial charge in [0.15, 0.2) is 5.78 Å². The number of nitrogens with one attached hydrogen (secondary N) is 1. The Bertz CT molecular complexity index is 1260. The summed E-state index contributed by atoms with van der Waals surface area (Å²) in [4.78, 5) is 20.7. The van der Waals surface area contributed by atoms with Crippen LogP contribution in [0, 0.1) is 5.92 Å². The first kappa shape index (κ1) is 20.9. The predicted molar refractivity (Wildman–Crippen MR) is 121 cm³/mol. The van der Waals surface area contributed by atoms with Gasteiger partial charge >= 0.3 is 0 Å². The molecule has 1 N–H and O–H groups in total. The van der Waals surface area contributed by atoms with E-state index in [1.54, 1.807) is 12.4 Å². The van der Waals surface area contributed by atoms with Crippen LogP contribution >= 0.6 is 0 Å². The van der Waals surface area contributed by atoms with Gasteiger partial charge in [0, 0.05) is 29.4 Å². The number of fused-ring (bicyclic) bond motifs is 1. The molecule has 1 aromatic carbocycles. The van der Waals surface area contributed by atoms with Gasteiger partial charge in [-0.1, -0.05) is 30.3 Å². The zero-order valence-electron chi connectivity index (χ0n) is 17.9. The van der Waals surface area contributed by atoms with Crippen molar-refractivity contribution in [3.63, 3.8) is 0 Å². The van der Waals surface area contributed by atoms with Gasteiger partial charge in [-0.15, -0.1) is 0 Å². The maximum absolute atomic E-state index is 13.1. The highest BCUT2D eigenvalue weighted by atomic mass is 32.2. The number of carbonyl (C=O) groups excluding carboxylic acids is 1. The predicted octanol–water partition coefficient (Wildman–Crippen LogP) is 3.41. The number of H-pyrrole nitrogens is 1. The smallest absolute Gasteiger partial charge is 0.211 e. The fourth-order valence-electron chi connectivity index (χ4n) is 4.16. The highest BCUT2D eigenvalue weighted by Gasteiger charge is 2.34. The molecular weight excluding hydrogens is 426 g/mol. The van der Waals surface area contributed by atoms with Crippen LogP contribution in [0.4, 0.5) is 0 Å². The molecule has 1 aliphatic heterocycles. The summed E-state index contributed by atoms with van der Waals surface area (Å²) in [7, 11) is -3.49. The second kappa shape index (κ2) is 8.18. The number of ketones is 1. The second-order valence-corrected chi connectivity index (χ2v) is 10.6. The topological polar surface area (TPSA) is 92.4 Å². The molecule has 0 radical (unpaired) electrons. The Hall–Kier alpha value is -2.97. The van der Waals surface area contributed by atoms with E-state index in [0.29, 0.717) is 36.0 Å². The van der Waals surface area contributed by atoms with E-state index in [1.807, 2.05) is 36.4 Å². The fourth-order valence-corrected chi connectivity index (χ4v) is 4.87. The van der Waals surface area contributed by atoms with Crippen molar-refractivity contribution < 1.29 is 17.9 Å². The number of benzene rings is 1. The summed E-state index contributed by atoms with van der Waals surface area (Å²) in [5.41, 5.74) is 4.77. The standard InChI is InChI=1S/C24H25N3O4S/c1-32(29,30)27-13-20-23(21(28)14-27)19(11-16-5-3-2-4-6-16)24(26-20)18-9-10-25-12-22(18)31-15-17-7-8-17/h2-6,9-10,12,17,26H,7-8,11,13-15H2,1H3. The van der Waals surface area contributed by atoms with Gasteiger partial charge in [0.25, 0.3) is 0 Å². The number of hydrogen-bond acceptors (Lipinski definition) is 5. The van der Waals surface area contributed by atoms with E-state index < -0.39 is 10.0 Å². The normalized spacial score (nSPS) is 16.7. The number of sulfonamides is 1. The lowest BCUT2D eigenvalue weighted by Crippen LogP contribution is -2.38. The van der Waals surface area contributed by atoms with Gasteiger partial charge in [-0.2, -0.15) is 4.31 Å². The number of carbonyl (C=O) groups is 1. The average Bonchev–Trinajstić information content (AvgIpc) is 3.53. The maximum Gasteiger partial charge on any atom is 0.211 e. The van der Waals surface area contributed by atoms with E-state index in [9.17, 15) is 13.2 Å². The number of hydrogen-bond donors (Lipinski definition) is 1. The molecule has 0 spiro atoms. The molecule has 1 saturated carbocycles. The zero-order valence-corrected chi connectivity index (χ0v) is 18.7. The first-order chi connectivity index (χ1) is 15.4. The average molecular weight is 452 g/mol. The summed E-state index contributed by atoms with van der Waals surface area (Å²) in [6.07, 6.45) is 7.46. The Morgan fingerprint density at radius 3 is 2.66 bits per heavy atom. The molecule has 3 aromatic rings. The summed E-state index contributed by atoms with van der Waals surface area (Å²) in [6.45, 7) is 0.644. The number of aromatic amines is 1. The van der Waals surface area contributed by atoms with Crippen molar-refractivity contribution in [2.45, 2.75) is 25.8 Å². The molecular formula is C24H25N3O4S. The molecule has 2 aromatic heterocycles. The molecule has 0 saturated heterocycles. The molecule has 166 valence electrons. The van der Waals surface area contributed by atoms with E-state index in [-0.39, 0.29) is 18.9 Å². The number of Topliss-reactive ketones (excluding diaryl/α,β-unsaturated/α-hetero) is 1. The van der Waals surface area contributed by atoms with Crippen LogP contribution in [0.3, 0.4) is 0 Å². The van der Waals surface area contributed by atoms with Gasteiger partial charge in [0.05, 0.1) is 37.8 Å². The van der Waals surface area contributed by atoms with Crippen LogP contribution in [-0.4, -0.2) is 47.9 Å². The Morgan fingerprint density at radius 1 is 1.16 bits per heavy atom. The van der Waals surface area contributed by atoms with Crippen LogP contribution in [0.1, 0.15) is 40.0 Å². The monoisotopic (exact) mass is 451 g/mol. The van der Waals surface area contributed by atoms with Gasteiger partial charge in [0.2, 0.25) is 10.0 Å². The highest BCUT2D eigenvalue weighted by Crippen LogP contribution is 2.38. The second-order valence-electron chi connectivity index (χ2n) is 8.57. The van der Waals surface area contributed by atoms with Crippen molar-refractivity contribution in [2.75, 3.05) is 19.4 Å². The molecule has 8 heteroatoms. The number of aromatic nitrogens is 2. The van der Waals surface area contributed by atoms with Crippen LogP contribution in [0.2, 0.25) is 0 Å². The van der Waals surface area contributed by atoms with Gasteiger partial charge in [-0.25, -0.2) is 8.42 Å². The molecule has 3 heterocycles. The quantitative estimate of drug-likeness (QED) is 0.594. The van der Waals surface area contributed by atoms with Crippen molar-refractivity contribution in [2.24, 2.45) is 5.92 Å². The van der Waals surface area contributed by atoms with Crippen LogP contribution in [0.25, 0.3) is 11.3 Å². The van der Waals surface area contributed by atoms with Gasteiger partial charge in [0.1, 0.15) is 5.75 Å². The lowest BCUT2D eigenvalue weighted by atomic mass is 9.94. The molecule has 0 unspecified atom stereocenters. The van der Waals surface area contributed by atoms with E-state index in [2.05, 4.69) is 9.97 Å². The van der Waals surface area contributed by atoms with Gasteiger partial charge in [-0.3, -0.25) is 9.78 Å². The molecule has 1 aliphatic carbocycles. The SMILES string of the molecule is CS(=O)(=O)N1CC(=O)c2c([nH]c(-c3ccncc3OCC3CC3)c2Cc2ccccc2)C1. The summed E-state index contributed by atoms with van der Waals surface area (Å²) in [5, 5.41) is 0. The van der Waals surface area contributed by atoms with E-state index in [1.165, 1.54) is 17.1 Å². The minimum absolute atomic E-state index is 0.144. The highest BCUT2D eigenvalue weighted by molar-refractivity contribution is 7.88. The van der Waals surface area contributed by atoms with Crippen molar-refractivity contribution in [3.8, 4) is 17.0 Å². The zero-order chi connectivity index (χ0) is 22.3. The summed E-state index contributed by atoms with van der Waals surface area (Å²) in [6, 6.07) is 11.8. The molecule has 5 rings (SSSR count). The van der Waals surface area contributed by atoms with Crippen molar-refractivity contribution in [1.29, 1.82) is 0 Å². The molecule has 0 atom stereocenters. The van der Waals surface area contributed by atoms with E-state index >= 15 is 0 Å². The lowest BCUT2D eigenvalue weighted by molar-refractivity contribution is 0.0949. The molecule has 0 amide bonds. The summed E-state index contributed by atoms with van der Waals surface area (Å²) >= 11 is 0. The maximum atomic E-state index is 13.1. The Balaban J connectivity index is 1.62. The Labute approximate surface area is 187 Å². The van der Waals surface area contributed by atoms with Crippen molar-refractivity contribution in [1.82, 2.24) is 14.3 Å². The molecule has 1 fully saturated rings. The number of ether oxygens (including phenoxy) is 1. The summed E-state index contributed by atoms with van der Waals surface area (Å²) in [5.74, 6) is 1.06. The number of pyridine rings is 1. The van der Waals surface area contributed by atoms with Crippen LogP contribution in [0.15, 0.2) is 48.8 Å². The molecule has 32 heavy (non-hydrogen) atoms. The Kier molecular flexibility index (Phi) is 5.35. The number of rotatable bonds is 7. The van der Waals surface area contributed by atoms with Gasteiger partial charge in [-0.05, 0) is 36.0 Å². The van der Waals surface area contributed by atoms with E-state index in [0.717, 1.165) is 28.6 Å². The first-order valence-electron chi connectivity index (χ1n) is 10.7. The third kappa shape index (κ3) is 4.20. The number of nitrogens with zero attached hydrogens (tertiary/aromatic N) is 2. The van der Waals surface area contributed by atoms with Crippen molar-refractivity contribution >= 4 is 15.8 Å². The van der Waals surface area contributed by atoms with Crippen molar-refractivity contribution in [3.05, 3.63) is 71.2 Å². The minimum Gasteiger partial charge on any atom is -0.491 e. The van der Waals surface area contributed by atoms with E-state index in [4.69, 9.17) is 4.74 Å². The molecule has 7 nitrogen and oxygen atoms in total. The third-order valence-electron chi connectivity index (χ3n) is 6.03. The summed E-state index contributed by atoms with van der Waals surface area (Å²) < 4.78 is 31.6.